The van der Waals surface area contributed by atoms with E-state index in [9.17, 15) is 9.59 Å². The molecule has 0 bridgehead atoms. The Balaban J connectivity index is 1.63. The highest BCUT2D eigenvalue weighted by Crippen LogP contribution is 2.28. The number of nitrogens with one attached hydrogen (secondary N) is 1. The molecular weight excluding hydrogens is 528 g/mol. The van der Waals surface area contributed by atoms with Crippen LogP contribution in [0.15, 0.2) is 103 Å². The Hall–Kier alpha value is -4.78. The average molecular weight is 567 g/mol. The lowest BCUT2D eigenvalue weighted by Gasteiger charge is -2.32. The topological polar surface area (TPSA) is 77.1 Å². The maximum atomic E-state index is 14.1. The summed E-state index contributed by atoms with van der Waals surface area (Å²) in [5.41, 5.74) is 3.77. The molecule has 0 fully saturated rings. The quantitative estimate of drug-likeness (QED) is 0.226. The molecule has 0 heterocycles. The third-order valence-electron chi connectivity index (χ3n) is 7.14. The van der Waals surface area contributed by atoms with Gasteiger partial charge in [-0.15, -0.1) is 0 Å². The van der Waals surface area contributed by atoms with E-state index in [0.717, 1.165) is 28.0 Å². The number of carbonyl (C=O) groups is 2. The summed E-state index contributed by atoms with van der Waals surface area (Å²) >= 11 is 0. The maximum absolute atomic E-state index is 14.1. The van der Waals surface area contributed by atoms with Gasteiger partial charge in [0, 0.05) is 19.5 Å². The van der Waals surface area contributed by atoms with Crippen molar-refractivity contribution in [2.24, 2.45) is 0 Å². The minimum Gasteiger partial charge on any atom is -0.497 e. The second-order valence-electron chi connectivity index (χ2n) is 9.97. The molecule has 1 atom stereocenters. The van der Waals surface area contributed by atoms with E-state index >= 15 is 0 Å². The normalized spacial score (nSPS) is 11.3. The fourth-order valence-corrected chi connectivity index (χ4v) is 4.84. The Morgan fingerprint density at radius 2 is 1.31 bits per heavy atom. The van der Waals surface area contributed by atoms with Gasteiger partial charge in [0.15, 0.2) is 11.5 Å². The fraction of sp³-hybridized carbons (Fsp3) is 0.257. The highest BCUT2D eigenvalue weighted by Gasteiger charge is 2.30. The van der Waals surface area contributed by atoms with Crippen LogP contribution in [0.1, 0.15) is 22.3 Å². The molecule has 0 aliphatic rings. The minimum atomic E-state index is -0.724. The summed E-state index contributed by atoms with van der Waals surface area (Å²) in [7, 11) is 4.75. The second kappa shape index (κ2) is 15.3. The van der Waals surface area contributed by atoms with E-state index in [1.807, 2.05) is 91.0 Å². The third kappa shape index (κ3) is 8.36. The first-order chi connectivity index (χ1) is 20.5. The summed E-state index contributed by atoms with van der Waals surface area (Å²) in [4.78, 5) is 29.6. The number of ether oxygens (including phenoxy) is 3. The van der Waals surface area contributed by atoms with Gasteiger partial charge in [-0.25, -0.2) is 0 Å². The molecule has 7 nitrogen and oxygen atoms in total. The molecule has 0 unspecified atom stereocenters. The van der Waals surface area contributed by atoms with Crippen molar-refractivity contribution in [3.63, 3.8) is 0 Å². The van der Waals surface area contributed by atoms with Crippen LogP contribution in [0.4, 0.5) is 0 Å². The van der Waals surface area contributed by atoms with Crippen molar-refractivity contribution in [1.82, 2.24) is 10.2 Å². The Morgan fingerprint density at radius 3 is 1.93 bits per heavy atom. The van der Waals surface area contributed by atoms with E-state index in [4.69, 9.17) is 14.2 Å². The molecule has 1 N–H and O–H groups in total. The van der Waals surface area contributed by atoms with Crippen molar-refractivity contribution in [2.75, 3.05) is 27.9 Å². The monoisotopic (exact) mass is 566 g/mol. The molecule has 0 saturated heterocycles. The minimum absolute atomic E-state index is 0.0963. The first-order valence-electron chi connectivity index (χ1n) is 14.0. The highest BCUT2D eigenvalue weighted by molar-refractivity contribution is 5.89. The average Bonchev–Trinajstić information content (AvgIpc) is 3.03. The molecule has 218 valence electrons. The van der Waals surface area contributed by atoms with Gasteiger partial charge in [0.1, 0.15) is 11.8 Å². The zero-order chi connectivity index (χ0) is 29.7. The van der Waals surface area contributed by atoms with Crippen LogP contribution < -0.4 is 19.5 Å². The summed E-state index contributed by atoms with van der Waals surface area (Å²) in [6, 6.07) is 32.1. The third-order valence-corrected chi connectivity index (χ3v) is 7.14. The van der Waals surface area contributed by atoms with E-state index < -0.39 is 6.04 Å². The van der Waals surface area contributed by atoms with Crippen molar-refractivity contribution >= 4 is 11.8 Å². The van der Waals surface area contributed by atoms with Crippen molar-refractivity contribution < 1.29 is 23.8 Å². The molecule has 0 aliphatic heterocycles. The Morgan fingerprint density at radius 1 is 0.690 bits per heavy atom. The van der Waals surface area contributed by atoms with Gasteiger partial charge in [-0.2, -0.15) is 0 Å². The molecular formula is C35H38N2O5. The fourth-order valence-electron chi connectivity index (χ4n) is 4.84. The van der Waals surface area contributed by atoms with E-state index in [1.54, 1.807) is 38.4 Å². The number of amides is 2. The van der Waals surface area contributed by atoms with E-state index in [2.05, 4.69) is 5.32 Å². The van der Waals surface area contributed by atoms with Crippen molar-refractivity contribution in [2.45, 2.75) is 31.8 Å². The van der Waals surface area contributed by atoms with Gasteiger partial charge in [0.05, 0.1) is 27.8 Å². The van der Waals surface area contributed by atoms with Gasteiger partial charge in [0.25, 0.3) is 0 Å². The number of benzene rings is 4. The Bertz CT molecular complexity index is 1430. The molecule has 0 spiro atoms. The molecule has 4 rings (SSSR count). The van der Waals surface area contributed by atoms with Crippen LogP contribution in [0.2, 0.25) is 0 Å². The van der Waals surface area contributed by atoms with Crippen LogP contribution in [-0.2, 0) is 35.4 Å². The van der Waals surface area contributed by atoms with Gasteiger partial charge in [-0.1, -0.05) is 78.9 Å². The van der Waals surface area contributed by atoms with Crippen LogP contribution >= 0.6 is 0 Å². The van der Waals surface area contributed by atoms with Crippen LogP contribution in [0, 0.1) is 0 Å². The second-order valence-corrected chi connectivity index (χ2v) is 9.97. The van der Waals surface area contributed by atoms with E-state index in [0.29, 0.717) is 30.9 Å². The smallest absolute Gasteiger partial charge is 0.243 e. The molecule has 0 saturated carbocycles. The van der Waals surface area contributed by atoms with Crippen molar-refractivity contribution in [3.8, 4) is 17.2 Å². The summed E-state index contributed by atoms with van der Waals surface area (Å²) in [6.07, 6.45) is 1.17. The predicted molar refractivity (Wildman–Crippen MR) is 164 cm³/mol. The molecule has 2 amide bonds. The lowest BCUT2D eigenvalue weighted by atomic mass is 10.0. The van der Waals surface area contributed by atoms with Crippen LogP contribution in [0.3, 0.4) is 0 Å². The van der Waals surface area contributed by atoms with Gasteiger partial charge >= 0.3 is 0 Å². The maximum Gasteiger partial charge on any atom is 0.243 e. The van der Waals surface area contributed by atoms with Crippen LogP contribution in [0.25, 0.3) is 0 Å². The molecule has 0 aliphatic carbocycles. The van der Waals surface area contributed by atoms with Crippen LogP contribution in [-0.4, -0.2) is 50.6 Å². The molecule has 42 heavy (non-hydrogen) atoms. The predicted octanol–water partition coefficient (Wildman–Crippen LogP) is 5.25. The molecule has 0 aromatic heterocycles. The number of rotatable bonds is 14. The zero-order valence-electron chi connectivity index (χ0n) is 24.4. The summed E-state index contributed by atoms with van der Waals surface area (Å²) in [5, 5.41) is 3.10. The number of hydrogen-bond donors (Lipinski definition) is 1. The van der Waals surface area contributed by atoms with Gasteiger partial charge in [0.2, 0.25) is 11.8 Å². The summed E-state index contributed by atoms with van der Waals surface area (Å²) < 4.78 is 16.1. The first-order valence-corrected chi connectivity index (χ1v) is 14.0. The Kier molecular flexibility index (Phi) is 11.0. The van der Waals surface area contributed by atoms with E-state index in [1.165, 1.54) is 0 Å². The first kappa shape index (κ1) is 30.2. The van der Waals surface area contributed by atoms with Gasteiger partial charge in [-0.3, -0.25) is 9.59 Å². The SMILES string of the molecule is COc1ccc(CN(C(=O)Cc2ccc(OC)c(OC)c2)[C@@H](Cc2ccccc2)C(=O)NCCc2ccccc2)cc1. The number of hydrogen-bond acceptors (Lipinski definition) is 5. The number of nitrogens with zero attached hydrogens (tertiary/aromatic N) is 1. The molecule has 4 aromatic carbocycles. The molecule has 4 aromatic rings. The van der Waals surface area contributed by atoms with Gasteiger partial charge < -0.3 is 24.4 Å². The summed E-state index contributed by atoms with van der Waals surface area (Å²) in [5.74, 6) is 1.50. The molecule has 7 heteroatoms. The van der Waals surface area contributed by atoms with Crippen molar-refractivity contribution in [3.05, 3.63) is 125 Å². The lowest BCUT2D eigenvalue weighted by molar-refractivity contribution is -0.140. The highest BCUT2D eigenvalue weighted by atomic mass is 16.5. The van der Waals surface area contributed by atoms with Crippen LogP contribution in [0.5, 0.6) is 17.2 Å². The lowest BCUT2D eigenvalue weighted by Crippen LogP contribution is -2.51. The Labute approximate surface area is 248 Å². The summed E-state index contributed by atoms with van der Waals surface area (Å²) in [6.45, 7) is 0.730. The number of carbonyl (C=O) groups excluding carboxylic acids is 2. The van der Waals surface area contributed by atoms with Gasteiger partial charge in [-0.05, 0) is 52.9 Å². The van der Waals surface area contributed by atoms with Crippen molar-refractivity contribution in [1.29, 1.82) is 0 Å². The zero-order valence-corrected chi connectivity index (χ0v) is 24.4. The number of methoxy groups -OCH3 is 3. The largest absolute Gasteiger partial charge is 0.497 e. The standard InChI is InChI=1S/C35H38N2O5/c1-40-30-17-14-28(15-18-30)25-37(34(38)24-29-16-19-32(41-2)33(23-29)42-3)31(22-27-12-8-5-9-13-27)35(39)36-21-20-26-10-6-4-7-11-26/h4-19,23,31H,20-22,24-25H2,1-3H3,(H,36,39)/t31-/m0/s1. The van der Waals surface area contributed by atoms with E-state index in [-0.39, 0.29) is 24.8 Å². The molecule has 0 radical (unpaired) electrons.